The van der Waals surface area contributed by atoms with Crippen LogP contribution in [0.3, 0.4) is 0 Å². The highest BCUT2D eigenvalue weighted by Gasteiger charge is 2.29. The predicted octanol–water partition coefficient (Wildman–Crippen LogP) is 10.2. The second kappa shape index (κ2) is 5.07. The summed E-state index contributed by atoms with van der Waals surface area (Å²) < 4.78 is 13.4. The van der Waals surface area contributed by atoms with Crippen LogP contribution in [0.2, 0.25) is 0 Å². The average molecular weight is 454 g/mol. The molecule has 162 valence electrons. The molecule has 36 heavy (non-hydrogen) atoms. The summed E-state index contributed by atoms with van der Waals surface area (Å²) >= 11 is 0. The third-order valence-corrected chi connectivity index (χ3v) is 8.79. The Hall–Kier alpha value is -4.82. The van der Waals surface area contributed by atoms with Gasteiger partial charge >= 0.3 is 0 Å². The van der Waals surface area contributed by atoms with Crippen molar-refractivity contribution in [3.63, 3.8) is 0 Å². The first-order chi connectivity index (χ1) is 17.8. The molecule has 0 saturated heterocycles. The molecule has 0 unspecified atom stereocenters. The number of hydrogen-bond donors (Lipinski definition) is 0. The third-order valence-electron chi connectivity index (χ3n) is 8.79. The van der Waals surface area contributed by atoms with Crippen LogP contribution in [0.5, 0.6) is 0 Å². The number of benzene rings is 9. The van der Waals surface area contributed by atoms with Crippen molar-refractivity contribution in [2.75, 3.05) is 0 Å². The van der Waals surface area contributed by atoms with Crippen LogP contribution >= 0.6 is 0 Å². The van der Waals surface area contributed by atoms with E-state index in [4.69, 9.17) is 8.83 Å². The maximum atomic E-state index is 6.70. The van der Waals surface area contributed by atoms with Crippen LogP contribution in [0.4, 0.5) is 0 Å². The summed E-state index contributed by atoms with van der Waals surface area (Å²) in [6, 6.07) is 31.0. The van der Waals surface area contributed by atoms with Crippen LogP contribution in [-0.4, -0.2) is 0 Å². The van der Waals surface area contributed by atoms with Crippen molar-refractivity contribution < 1.29 is 8.83 Å². The van der Waals surface area contributed by atoms with E-state index in [1.165, 1.54) is 86.2 Å². The first-order valence-electron chi connectivity index (χ1n) is 12.4. The molecular formula is C34H14O2. The molecular weight excluding hydrogens is 440 g/mol. The van der Waals surface area contributed by atoms with Gasteiger partial charge in [0.1, 0.15) is 22.3 Å². The molecule has 0 saturated carbocycles. The summed E-state index contributed by atoms with van der Waals surface area (Å²) in [6.45, 7) is 0. The normalized spacial score (nSPS) is 13.6. The van der Waals surface area contributed by atoms with Gasteiger partial charge in [-0.25, -0.2) is 0 Å². The van der Waals surface area contributed by atoms with Gasteiger partial charge in [-0.3, -0.25) is 0 Å². The van der Waals surface area contributed by atoms with Crippen molar-refractivity contribution in [3.05, 3.63) is 84.9 Å². The molecule has 2 nitrogen and oxygen atoms in total. The molecule has 11 aromatic rings. The monoisotopic (exact) mass is 454 g/mol. The molecule has 2 heteroatoms. The standard InChI is InChI=1S/C34H14O2/c1-3-7-19-15(5-1)9-17-11-23-29-32-26(35-23)14-22-20-8-4-2-6-16(20)10-18-12-24-30(34(32)28(18)22)31-25(36-24)13-21(19)27(17)33(29)31/h1-14H. The van der Waals surface area contributed by atoms with E-state index in [1.54, 1.807) is 0 Å². The molecule has 0 radical (unpaired) electrons. The lowest BCUT2D eigenvalue weighted by Crippen LogP contribution is -1.90. The molecule has 0 bridgehead atoms. The van der Waals surface area contributed by atoms with Crippen molar-refractivity contribution >= 4 is 109 Å². The first kappa shape index (κ1) is 16.7. The zero-order valence-corrected chi connectivity index (χ0v) is 18.9. The Balaban J connectivity index is 1.59. The van der Waals surface area contributed by atoms with Crippen LogP contribution < -0.4 is 0 Å². The summed E-state index contributed by atoms with van der Waals surface area (Å²) in [5, 5.41) is 20.1. The van der Waals surface area contributed by atoms with Crippen molar-refractivity contribution in [2.24, 2.45) is 0 Å². The van der Waals surface area contributed by atoms with E-state index in [0.29, 0.717) is 0 Å². The minimum absolute atomic E-state index is 0.960. The van der Waals surface area contributed by atoms with E-state index in [2.05, 4.69) is 84.9 Å². The van der Waals surface area contributed by atoms with Crippen LogP contribution in [-0.2, 0) is 0 Å². The smallest absolute Gasteiger partial charge is 0.136 e. The topological polar surface area (TPSA) is 26.3 Å². The van der Waals surface area contributed by atoms with Gasteiger partial charge in [0.15, 0.2) is 0 Å². The average Bonchev–Trinajstić information content (AvgIpc) is 3.46. The lowest BCUT2D eigenvalue weighted by Gasteiger charge is -2.16. The second-order valence-corrected chi connectivity index (χ2v) is 10.4. The van der Waals surface area contributed by atoms with Crippen molar-refractivity contribution in [1.82, 2.24) is 0 Å². The lowest BCUT2D eigenvalue weighted by atomic mass is 9.84. The zero-order chi connectivity index (χ0) is 22.9. The fourth-order valence-electron chi connectivity index (χ4n) is 7.51. The molecule has 0 atom stereocenters. The summed E-state index contributed by atoms with van der Waals surface area (Å²) in [5.41, 5.74) is 3.84. The highest BCUT2D eigenvalue weighted by Crippen LogP contribution is 2.55. The molecule has 11 rings (SSSR count). The minimum Gasteiger partial charge on any atom is -0.456 e. The molecule has 2 aromatic heterocycles. The van der Waals surface area contributed by atoms with Gasteiger partial charge in [0, 0.05) is 32.3 Å². The van der Waals surface area contributed by atoms with Gasteiger partial charge in [0.25, 0.3) is 0 Å². The van der Waals surface area contributed by atoms with Crippen LogP contribution in [0.15, 0.2) is 93.8 Å². The quantitative estimate of drug-likeness (QED) is 0.168. The Bertz CT molecular complexity index is 2470. The zero-order valence-electron chi connectivity index (χ0n) is 18.9. The van der Waals surface area contributed by atoms with Crippen LogP contribution in [0, 0.1) is 0 Å². The van der Waals surface area contributed by atoms with Gasteiger partial charge in [-0.15, -0.1) is 0 Å². The fraction of sp³-hybridized carbons (Fsp3) is 0. The van der Waals surface area contributed by atoms with Gasteiger partial charge in [0.05, 0.1) is 0 Å². The van der Waals surface area contributed by atoms with Gasteiger partial charge in [-0.1, -0.05) is 48.5 Å². The van der Waals surface area contributed by atoms with E-state index in [9.17, 15) is 0 Å². The van der Waals surface area contributed by atoms with Crippen LogP contribution in [0.25, 0.3) is 109 Å². The second-order valence-electron chi connectivity index (χ2n) is 10.4. The molecule has 2 heterocycles. The Morgan fingerprint density at radius 3 is 1.19 bits per heavy atom. The summed E-state index contributed by atoms with van der Waals surface area (Å²) in [7, 11) is 0. The highest BCUT2D eigenvalue weighted by molar-refractivity contribution is 6.50. The maximum absolute atomic E-state index is 6.70. The molecule has 9 aromatic carbocycles. The van der Waals surface area contributed by atoms with Gasteiger partial charge < -0.3 is 8.83 Å². The van der Waals surface area contributed by atoms with E-state index < -0.39 is 0 Å². The predicted molar refractivity (Wildman–Crippen MR) is 151 cm³/mol. The summed E-state index contributed by atoms with van der Waals surface area (Å²) in [6.07, 6.45) is 0. The molecule has 0 amide bonds. The SMILES string of the molecule is c1ccc2c(c1)cc1cc3oc4cc5c6ccccc6cc6cc7oc8cc2c1c1c3c4c(c65)c7c81. The Kier molecular flexibility index (Phi) is 2.36. The lowest BCUT2D eigenvalue weighted by molar-refractivity contribution is 0.670. The Morgan fingerprint density at radius 2 is 0.722 bits per heavy atom. The largest absolute Gasteiger partial charge is 0.456 e. The van der Waals surface area contributed by atoms with Crippen molar-refractivity contribution in [1.29, 1.82) is 0 Å². The highest BCUT2D eigenvalue weighted by atomic mass is 16.3. The first-order valence-corrected chi connectivity index (χ1v) is 12.4. The van der Waals surface area contributed by atoms with Crippen LogP contribution in [0.1, 0.15) is 0 Å². The molecule has 0 aliphatic rings. The molecule has 0 fully saturated rings. The van der Waals surface area contributed by atoms with Crippen molar-refractivity contribution in [2.45, 2.75) is 0 Å². The van der Waals surface area contributed by atoms with Gasteiger partial charge in [0.2, 0.25) is 0 Å². The van der Waals surface area contributed by atoms with Gasteiger partial charge in [-0.05, 0) is 90.3 Å². The Labute approximate surface area is 202 Å². The number of hydrogen-bond acceptors (Lipinski definition) is 2. The number of fused-ring (bicyclic) bond motifs is 4. The maximum Gasteiger partial charge on any atom is 0.136 e. The van der Waals surface area contributed by atoms with E-state index in [0.717, 1.165) is 22.3 Å². The minimum atomic E-state index is 0.960. The summed E-state index contributed by atoms with van der Waals surface area (Å²) in [4.78, 5) is 0. The van der Waals surface area contributed by atoms with E-state index in [1.807, 2.05) is 0 Å². The summed E-state index contributed by atoms with van der Waals surface area (Å²) in [5.74, 6) is 0. The van der Waals surface area contributed by atoms with Gasteiger partial charge in [-0.2, -0.15) is 0 Å². The van der Waals surface area contributed by atoms with Crippen molar-refractivity contribution in [3.8, 4) is 0 Å². The Morgan fingerprint density at radius 1 is 0.306 bits per heavy atom. The fourth-order valence-corrected chi connectivity index (χ4v) is 7.51. The van der Waals surface area contributed by atoms with E-state index >= 15 is 0 Å². The number of furan rings is 2. The molecule has 0 spiro atoms. The molecule has 0 aliphatic carbocycles. The molecule has 0 aliphatic heterocycles. The van der Waals surface area contributed by atoms with E-state index in [-0.39, 0.29) is 0 Å². The molecule has 0 N–H and O–H groups in total. The number of rotatable bonds is 0. The third kappa shape index (κ3) is 1.58.